The first-order valence-corrected chi connectivity index (χ1v) is 13.0. The van der Waals surface area contributed by atoms with Gasteiger partial charge in [0, 0.05) is 29.5 Å². The predicted octanol–water partition coefficient (Wildman–Crippen LogP) is 5.41. The number of pyridine rings is 1. The predicted molar refractivity (Wildman–Crippen MR) is 154 cm³/mol. The number of hydrogen-bond donors (Lipinski definition) is 4. The number of methoxy groups -OCH3 is 1. The quantitative estimate of drug-likeness (QED) is 0.216. The summed E-state index contributed by atoms with van der Waals surface area (Å²) in [7, 11) is 8.64. The van der Waals surface area contributed by atoms with E-state index in [4.69, 9.17) is 24.2 Å². The van der Waals surface area contributed by atoms with Gasteiger partial charge in [-0.3, -0.25) is 9.99 Å². The molecule has 0 saturated heterocycles. The summed E-state index contributed by atoms with van der Waals surface area (Å²) in [5.74, 6) is 0.245. The van der Waals surface area contributed by atoms with E-state index in [1.54, 1.807) is 25.3 Å². The summed E-state index contributed by atoms with van der Waals surface area (Å²) >= 11 is 6.74. The van der Waals surface area contributed by atoms with Gasteiger partial charge in [0.15, 0.2) is 0 Å². The first kappa shape index (κ1) is 25.8. The number of nitrogens with one attached hydrogen (secondary N) is 4. The molecule has 4 N–H and O–H groups in total. The van der Waals surface area contributed by atoms with Gasteiger partial charge in [-0.25, -0.2) is 4.39 Å². The van der Waals surface area contributed by atoms with Crippen molar-refractivity contribution >= 4 is 47.4 Å². The van der Waals surface area contributed by atoms with E-state index in [9.17, 15) is 9.65 Å². The van der Waals surface area contributed by atoms with Gasteiger partial charge in [0.2, 0.25) is 0 Å². The van der Waals surface area contributed by atoms with E-state index in [1.807, 2.05) is 41.5 Å². The molecule has 1 atom stereocenters. The van der Waals surface area contributed by atoms with Gasteiger partial charge in [-0.15, -0.1) is 5.53 Å². The van der Waals surface area contributed by atoms with Crippen LogP contribution in [0.4, 0.5) is 21.5 Å². The first-order valence-electron chi connectivity index (χ1n) is 12.7. The number of benzene rings is 3. The third-order valence-corrected chi connectivity index (χ3v) is 7.29. The third-order valence-electron chi connectivity index (χ3n) is 7.01. The zero-order valence-electron chi connectivity index (χ0n) is 21.5. The van der Waals surface area contributed by atoms with E-state index in [0.29, 0.717) is 61.6 Å². The van der Waals surface area contributed by atoms with Gasteiger partial charge in [0.25, 0.3) is 0 Å². The number of halogens is 2. The minimum absolute atomic E-state index is 0.327. The Balaban J connectivity index is 1.46. The minimum atomic E-state index is -1.29. The molecular weight excluding hydrogens is 528 g/mol. The molecule has 0 amide bonds. The van der Waals surface area contributed by atoms with Gasteiger partial charge in [-0.1, -0.05) is 35.9 Å². The Kier molecular flexibility index (Phi) is 6.62. The highest BCUT2D eigenvalue weighted by Gasteiger charge is 2.37. The van der Waals surface area contributed by atoms with Gasteiger partial charge in [0.1, 0.15) is 25.5 Å². The van der Waals surface area contributed by atoms with Crippen molar-refractivity contribution < 1.29 is 9.13 Å². The number of fused-ring (bicyclic) bond motifs is 1. The Morgan fingerprint density at radius 2 is 1.98 bits per heavy atom. The standard InChI is InChI=1S/C29H24BClFN7O/c1-40-25-5-3-2-4-24(25)35-27-17(14-33)15-34-28-22(27)12-20(13-23(28)31)36-29(30,18-6-8-19(32)9-7-18)26-16-39(38-37-26)21-10-11-21/h2-9,12-13,15-16,21,36-38H,10-11H2,1H3,(H,34,35). The number of aromatic nitrogens is 1. The number of rotatable bonds is 8. The fraction of sp³-hybridized carbons (Fsp3) is 0.172. The minimum Gasteiger partial charge on any atom is -0.495 e. The van der Waals surface area contributed by atoms with Crippen molar-refractivity contribution in [2.24, 2.45) is 0 Å². The van der Waals surface area contributed by atoms with Crippen LogP contribution in [-0.2, 0) is 5.44 Å². The SMILES string of the molecule is [B]C(Nc1cc(Cl)c2ncc(C#N)c(Nc3ccccc3OC)c2c1)(C1=CN(C2CC2)NN1)c1ccc(F)cc1. The van der Waals surface area contributed by atoms with E-state index in [1.165, 1.54) is 18.3 Å². The molecule has 40 heavy (non-hydrogen) atoms. The average molecular weight is 552 g/mol. The highest BCUT2D eigenvalue weighted by Crippen LogP contribution is 2.39. The number of para-hydroxylation sites is 2. The normalized spacial score (nSPS) is 16.1. The summed E-state index contributed by atoms with van der Waals surface area (Å²) < 4.78 is 19.3. The lowest BCUT2D eigenvalue weighted by molar-refractivity contribution is 0.260. The molecule has 2 aliphatic rings. The monoisotopic (exact) mass is 551 g/mol. The van der Waals surface area contributed by atoms with Gasteiger partial charge < -0.3 is 20.8 Å². The Labute approximate surface area is 237 Å². The van der Waals surface area contributed by atoms with Crippen LogP contribution in [0.25, 0.3) is 10.9 Å². The third kappa shape index (κ3) is 4.74. The Morgan fingerprint density at radius 1 is 1.20 bits per heavy atom. The average Bonchev–Trinajstić information content (AvgIpc) is 3.69. The number of nitrogens with zero attached hydrogens (tertiary/aromatic N) is 3. The molecule has 1 aromatic heterocycles. The van der Waals surface area contributed by atoms with Crippen LogP contribution < -0.4 is 26.3 Å². The van der Waals surface area contributed by atoms with Crippen molar-refractivity contribution in [3.05, 3.63) is 101 Å². The zero-order valence-corrected chi connectivity index (χ0v) is 22.3. The highest BCUT2D eigenvalue weighted by molar-refractivity contribution is 6.36. The maximum Gasteiger partial charge on any atom is 0.142 e. The summed E-state index contributed by atoms with van der Waals surface area (Å²) in [6, 6.07) is 19.6. The number of hydrogen-bond acceptors (Lipinski definition) is 8. The second-order valence-electron chi connectivity index (χ2n) is 9.70. The molecule has 0 spiro atoms. The molecule has 198 valence electrons. The van der Waals surface area contributed by atoms with Gasteiger partial charge in [0.05, 0.1) is 45.7 Å². The summed E-state index contributed by atoms with van der Waals surface area (Å²) in [6.07, 6.45) is 5.56. The van der Waals surface area contributed by atoms with E-state index in [0.717, 1.165) is 12.8 Å². The summed E-state index contributed by atoms with van der Waals surface area (Å²) in [5.41, 5.74) is 8.88. The summed E-state index contributed by atoms with van der Waals surface area (Å²) in [5, 5.41) is 19.6. The Bertz CT molecular complexity index is 1670. The fourth-order valence-corrected chi connectivity index (χ4v) is 5.02. The smallest absolute Gasteiger partial charge is 0.142 e. The molecule has 1 aliphatic carbocycles. The first-order chi connectivity index (χ1) is 19.4. The molecule has 11 heteroatoms. The molecule has 3 aromatic carbocycles. The Morgan fingerprint density at radius 3 is 2.70 bits per heavy atom. The van der Waals surface area contributed by atoms with Gasteiger partial charge >= 0.3 is 0 Å². The van der Waals surface area contributed by atoms with Crippen LogP contribution in [0.5, 0.6) is 5.75 Å². The molecule has 1 aliphatic heterocycles. The second-order valence-corrected chi connectivity index (χ2v) is 10.1. The van der Waals surface area contributed by atoms with E-state index in [-0.39, 0.29) is 5.82 Å². The zero-order chi connectivity index (χ0) is 27.9. The summed E-state index contributed by atoms with van der Waals surface area (Å²) in [4.78, 5) is 4.45. The number of nitriles is 1. The molecule has 2 heterocycles. The van der Waals surface area contributed by atoms with E-state index >= 15 is 0 Å². The van der Waals surface area contributed by atoms with Crippen LogP contribution in [0.3, 0.4) is 0 Å². The molecule has 2 radical (unpaired) electrons. The fourth-order valence-electron chi connectivity index (χ4n) is 4.75. The van der Waals surface area contributed by atoms with Crippen LogP contribution in [0.15, 0.2) is 78.8 Å². The number of anilines is 3. The molecule has 8 nitrogen and oxygen atoms in total. The van der Waals surface area contributed by atoms with Crippen LogP contribution in [0.1, 0.15) is 24.0 Å². The maximum absolute atomic E-state index is 13.9. The number of hydrazine groups is 2. The van der Waals surface area contributed by atoms with Crippen molar-refractivity contribution in [3.63, 3.8) is 0 Å². The Hall–Kier alpha value is -4.46. The largest absolute Gasteiger partial charge is 0.495 e. The lowest BCUT2D eigenvalue weighted by Crippen LogP contribution is -2.45. The number of ether oxygens (including phenoxy) is 1. The molecule has 0 bridgehead atoms. The molecule has 6 rings (SSSR count). The van der Waals surface area contributed by atoms with Gasteiger partial charge in [-0.05, 0) is 54.8 Å². The molecule has 1 saturated carbocycles. The molecular formula is C29H24BClFN7O. The maximum atomic E-state index is 13.9. The van der Waals surface area contributed by atoms with Crippen molar-refractivity contribution in [2.75, 3.05) is 17.7 Å². The van der Waals surface area contributed by atoms with Crippen molar-refractivity contribution in [3.8, 4) is 11.8 Å². The molecule has 1 unspecified atom stereocenters. The lowest BCUT2D eigenvalue weighted by atomic mass is 9.69. The van der Waals surface area contributed by atoms with Crippen molar-refractivity contribution in [2.45, 2.75) is 24.3 Å². The second kappa shape index (κ2) is 10.3. The van der Waals surface area contributed by atoms with E-state index in [2.05, 4.69) is 32.6 Å². The lowest BCUT2D eigenvalue weighted by Gasteiger charge is -2.34. The summed E-state index contributed by atoms with van der Waals surface area (Å²) in [6.45, 7) is 0. The van der Waals surface area contributed by atoms with Crippen LogP contribution >= 0.6 is 11.6 Å². The molecule has 4 aromatic rings. The van der Waals surface area contributed by atoms with Crippen molar-refractivity contribution in [1.29, 1.82) is 5.26 Å². The van der Waals surface area contributed by atoms with Gasteiger partial charge in [-0.2, -0.15) is 5.26 Å². The topological polar surface area (TPSA) is 97.3 Å². The molecule has 1 fully saturated rings. The van der Waals surface area contributed by atoms with Crippen molar-refractivity contribution in [1.82, 2.24) is 21.0 Å². The van der Waals surface area contributed by atoms with Crippen LogP contribution in [0.2, 0.25) is 5.02 Å². The highest BCUT2D eigenvalue weighted by atomic mass is 35.5. The van der Waals surface area contributed by atoms with Crippen LogP contribution in [0, 0.1) is 17.1 Å². The van der Waals surface area contributed by atoms with Crippen LogP contribution in [-0.4, -0.2) is 31.0 Å². The van der Waals surface area contributed by atoms with E-state index < -0.39 is 5.44 Å².